The molecule has 22 heavy (non-hydrogen) atoms. The van der Waals surface area contributed by atoms with Gasteiger partial charge in [0.25, 0.3) is 0 Å². The van der Waals surface area contributed by atoms with Gasteiger partial charge < -0.3 is 19.7 Å². The van der Waals surface area contributed by atoms with E-state index in [-0.39, 0.29) is 6.03 Å². The number of carbonyl (C=O) groups excluding carboxylic acids is 1. The highest BCUT2D eigenvalue weighted by Gasteiger charge is 2.41. The van der Waals surface area contributed by atoms with Crippen molar-refractivity contribution in [2.45, 2.75) is 63.2 Å². The molecule has 1 N–H and O–H groups in total. The predicted molar refractivity (Wildman–Crippen MR) is 82.4 cm³/mol. The molecular formula is C17H28N2O3. The van der Waals surface area contributed by atoms with Gasteiger partial charge in [0.2, 0.25) is 0 Å². The van der Waals surface area contributed by atoms with Crippen LogP contribution in [-0.4, -0.2) is 49.1 Å². The summed E-state index contributed by atoms with van der Waals surface area (Å²) in [5.41, 5.74) is 0. The molecule has 2 saturated carbocycles. The van der Waals surface area contributed by atoms with Crippen molar-refractivity contribution in [3.63, 3.8) is 0 Å². The summed E-state index contributed by atoms with van der Waals surface area (Å²) < 4.78 is 11.5. The molecule has 5 heteroatoms. The maximum Gasteiger partial charge on any atom is 0.317 e. The molecule has 0 radical (unpaired) electrons. The third kappa shape index (κ3) is 3.11. The number of nitrogens with zero attached hydrogens (tertiary/aromatic N) is 1. The normalized spacial score (nSPS) is 34.8. The molecule has 2 amide bonds. The number of urea groups is 1. The molecule has 4 rings (SSSR count). The lowest BCUT2D eigenvalue weighted by atomic mass is 9.83. The Bertz CT molecular complexity index is 408. The lowest BCUT2D eigenvalue weighted by Crippen LogP contribution is -2.52. The maximum absolute atomic E-state index is 12.5. The van der Waals surface area contributed by atoms with E-state index in [0.29, 0.717) is 19.3 Å². The van der Waals surface area contributed by atoms with E-state index in [1.165, 1.54) is 32.1 Å². The fraction of sp³-hybridized carbons (Fsp3) is 0.941. The van der Waals surface area contributed by atoms with Gasteiger partial charge in [-0.15, -0.1) is 0 Å². The van der Waals surface area contributed by atoms with Gasteiger partial charge in [-0.05, 0) is 37.5 Å². The highest BCUT2D eigenvalue weighted by Crippen LogP contribution is 2.44. The van der Waals surface area contributed by atoms with Crippen LogP contribution in [0, 0.1) is 11.8 Å². The summed E-state index contributed by atoms with van der Waals surface area (Å²) in [7, 11) is 0. The molecule has 0 bridgehead atoms. The van der Waals surface area contributed by atoms with Crippen LogP contribution in [0.3, 0.4) is 0 Å². The minimum Gasteiger partial charge on any atom is -0.347 e. The average Bonchev–Trinajstić information content (AvgIpc) is 3.30. The number of amides is 2. The fourth-order valence-corrected chi connectivity index (χ4v) is 4.46. The predicted octanol–water partition coefficient (Wildman–Crippen LogP) is 2.50. The SMILES string of the molecule is O=C(N[C@@H]1CCC[C@H](C2CC2)C1)N1CCC2(CC1)OCCO2. The number of nitrogens with one attached hydrogen (secondary N) is 1. The second-order valence-electron chi connectivity index (χ2n) is 7.51. The third-order valence-corrected chi connectivity index (χ3v) is 5.96. The molecular weight excluding hydrogens is 280 g/mol. The zero-order valence-corrected chi connectivity index (χ0v) is 13.4. The van der Waals surface area contributed by atoms with Crippen LogP contribution in [0.2, 0.25) is 0 Å². The Morgan fingerprint density at radius 1 is 1.00 bits per heavy atom. The van der Waals surface area contributed by atoms with Gasteiger partial charge >= 0.3 is 6.03 Å². The Morgan fingerprint density at radius 3 is 2.41 bits per heavy atom. The van der Waals surface area contributed by atoms with Gasteiger partial charge in [0.15, 0.2) is 5.79 Å². The van der Waals surface area contributed by atoms with Gasteiger partial charge in [-0.25, -0.2) is 4.79 Å². The number of piperidine rings is 1. The molecule has 124 valence electrons. The molecule has 0 aromatic rings. The van der Waals surface area contributed by atoms with Crippen molar-refractivity contribution < 1.29 is 14.3 Å². The van der Waals surface area contributed by atoms with E-state index in [1.54, 1.807) is 0 Å². The second kappa shape index (κ2) is 6.00. The van der Waals surface area contributed by atoms with Crippen molar-refractivity contribution in [3.05, 3.63) is 0 Å². The van der Waals surface area contributed by atoms with Crippen LogP contribution in [0.4, 0.5) is 4.79 Å². The molecule has 2 aliphatic heterocycles. The van der Waals surface area contributed by atoms with Crippen molar-refractivity contribution in [2.24, 2.45) is 11.8 Å². The van der Waals surface area contributed by atoms with Crippen LogP contribution in [0.1, 0.15) is 51.4 Å². The van der Waals surface area contributed by atoms with Gasteiger partial charge in [-0.1, -0.05) is 12.8 Å². The van der Waals surface area contributed by atoms with Gasteiger partial charge in [0.1, 0.15) is 0 Å². The van der Waals surface area contributed by atoms with E-state index in [2.05, 4.69) is 5.32 Å². The van der Waals surface area contributed by atoms with Crippen LogP contribution in [0.25, 0.3) is 0 Å². The number of hydrogen-bond donors (Lipinski definition) is 1. The van der Waals surface area contributed by atoms with Crippen molar-refractivity contribution in [3.8, 4) is 0 Å². The summed E-state index contributed by atoms with van der Waals surface area (Å²) in [6, 6.07) is 0.510. The van der Waals surface area contributed by atoms with E-state index < -0.39 is 5.79 Å². The molecule has 2 aliphatic carbocycles. The lowest BCUT2D eigenvalue weighted by molar-refractivity contribution is -0.181. The minimum absolute atomic E-state index is 0.120. The Labute approximate surface area is 132 Å². The van der Waals surface area contributed by atoms with E-state index in [4.69, 9.17) is 9.47 Å². The number of carbonyl (C=O) groups is 1. The number of ether oxygens (including phenoxy) is 2. The lowest BCUT2D eigenvalue weighted by Gasteiger charge is -2.38. The first-order chi connectivity index (χ1) is 10.7. The first-order valence-electron chi connectivity index (χ1n) is 9.07. The summed E-state index contributed by atoms with van der Waals surface area (Å²) in [4.78, 5) is 14.4. The Kier molecular flexibility index (Phi) is 4.03. The quantitative estimate of drug-likeness (QED) is 0.853. The summed E-state index contributed by atoms with van der Waals surface area (Å²) in [5.74, 6) is 1.44. The van der Waals surface area contributed by atoms with Crippen molar-refractivity contribution in [1.29, 1.82) is 0 Å². The molecule has 0 aromatic carbocycles. The summed E-state index contributed by atoms with van der Waals surface area (Å²) in [6.45, 7) is 2.86. The van der Waals surface area contributed by atoms with Crippen LogP contribution >= 0.6 is 0 Å². The Balaban J connectivity index is 1.25. The second-order valence-corrected chi connectivity index (χ2v) is 7.51. The zero-order valence-electron chi connectivity index (χ0n) is 13.4. The summed E-state index contributed by atoms with van der Waals surface area (Å²) >= 11 is 0. The molecule has 1 spiro atoms. The molecule has 2 saturated heterocycles. The maximum atomic E-state index is 12.5. The van der Waals surface area contributed by atoms with Gasteiger partial charge in [0, 0.05) is 32.0 Å². The number of rotatable bonds is 2. The van der Waals surface area contributed by atoms with Gasteiger partial charge in [-0.2, -0.15) is 0 Å². The minimum atomic E-state index is -0.390. The van der Waals surface area contributed by atoms with E-state index in [1.807, 2.05) is 4.90 Å². The standard InChI is InChI=1S/C17H28N2O3/c20-16(18-15-3-1-2-14(12-15)13-4-5-13)19-8-6-17(7-9-19)21-10-11-22-17/h13-15H,1-12H2,(H,18,20)/t14-,15+/m0/s1. The average molecular weight is 308 g/mol. The Morgan fingerprint density at radius 2 is 1.73 bits per heavy atom. The van der Waals surface area contributed by atoms with Gasteiger partial charge in [-0.3, -0.25) is 0 Å². The van der Waals surface area contributed by atoms with Crippen LogP contribution in [0.15, 0.2) is 0 Å². The van der Waals surface area contributed by atoms with Gasteiger partial charge in [0.05, 0.1) is 13.2 Å². The van der Waals surface area contributed by atoms with Crippen molar-refractivity contribution in [2.75, 3.05) is 26.3 Å². The van der Waals surface area contributed by atoms with Crippen LogP contribution in [0.5, 0.6) is 0 Å². The highest BCUT2D eigenvalue weighted by molar-refractivity contribution is 5.74. The molecule has 4 aliphatic rings. The molecule has 4 fully saturated rings. The van der Waals surface area contributed by atoms with E-state index in [0.717, 1.165) is 44.2 Å². The Hall–Kier alpha value is -0.810. The third-order valence-electron chi connectivity index (χ3n) is 5.96. The van der Waals surface area contributed by atoms with E-state index in [9.17, 15) is 4.79 Å². The number of hydrogen-bond acceptors (Lipinski definition) is 3. The zero-order chi connectivity index (χ0) is 15.0. The largest absolute Gasteiger partial charge is 0.347 e. The molecule has 2 heterocycles. The topological polar surface area (TPSA) is 50.8 Å². The van der Waals surface area contributed by atoms with Crippen molar-refractivity contribution >= 4 is 6.03 Å². The number of likely N-dealkylation sites (tertiary alicyclic amines) is 1. The smallest absolute Gasteiger partial charge is 0.317 e. The van der Waals surface area contributed by atoms with Crippen LogP contribution in [-0.2, 0) is 9.47 Å². The molecule has 0 unspecified atom stereocenters. The van der Waals surface area contributed by atoms with Crippen LogP contribution < -0.4 is 5.32 Å². The monoisotopic (exact) mass is 308 g/mol. The van der Waals surface area contributed by atoms with E-state index >= 15 is 0 Å². The first kappa shape index (κ1) is 14.8. The molecule has 5 nitrogen and oxygen atoms in total. The summed E-state index contributed by atoms with van der Waals surface area (Å²) in [5, 5.41) is 3.29. The van der Waals surface area contributed by atoms with Crippen molar-refractivity contribution in [1.82, 2.24) is 10.2 Å². The highest BCUT2D eigenvalue weighted by atomic mass is 16.7. The fourth-order valence-electron chi connectivity index (χ4n) is 4.46. The first-order valence-corrected chi connectivity index (χ1v) is 9.07. The molecule has 0 aromatic heterocycles. The summed E-state index contributed by atoms with van der Waals surface area (Å²) in [6.07, 6.45) is 9.43. The molecule has 2 atom stereocenters.